The van der Waals surface area contributed by atoms with Gasteiger partial charge in [0.15, 0.2) is 17.5 Å². The number of benzene rings is 2. The second-order valence-corrected chi connectivity index (χ2v) is 7.84. The van der Waals surface area contributed by atoms with Crippen molar-refractivity contribution in [2.75, 3.05) is 40.0 Å². The zero-order valence-electron chi connectivity index (χ0n) is 16.5. The molecule has 1 fully saturated rings. The number of rotatable bonds is 5. The summed E-state index contributed by atoms with van der Waals surface area (Å²) in [5.41, 5.74) is 2.34. The molecule has 29 heavy (non-hydrogen) atoms. The molecule has 0 amide bonds. The lowest BCUT2D eigenvalue weighted by atomic mass is 10.0. The van der Waals surface area contributed by atoms with E-state index in [2.05, 4.69) is 52.9 Å². The number of hydrogen-bond donors (Lipinski definition) is 2. The van der Waals surface area contributed by atoms with Crippen LogP contribution in [0.2, 0.25) is 0 Å². The molecule has 0 radical (unpaired) electrons. The van der Waals surface area contributed by atoms with Crippen LogP contribution in [-0.4, -0.2) is 60.2 Å². The second-order valence-electron chi connectivity index (χ2n) is 7.84. The molecule has 0 aliphatic carbocycles. The molecule has 0 unspecified atom stereocenters. The molecule has 0 spiro atoms. The smallest absolute Gasteiger partial charge is 0.231 e. The summed E-state index contributed by atoms with van der Waals surface area (Å²) in [7, 11) is 2.26. The minimum atomic E-state index is 0.119. The third kappa shape index (κ3) is 3.68. The minimum absolute atomic E-state index is 0.119. The predicted octanol–water partition coefficient (Wildman–Crippen LogP) is -1.05. The Morgan fingerprint density at radius 3 is 2.62 bits per heavy atom. The normalized spacial score (nSPS) is 21.8. The fraction of sp³-hybridized carbons (Fsp3) is 0.381. The SMILES string of the molecule is C[NH+]1CC[NH+]([C@H](c2ccccc2)c2nnnn2Cc2ccc3c(c2)OCO3)CC1. The molecule has 8 nitrogen and oxygen atoms in total. The molecule has 5 rings (SSSR count). The number of likely N-dealkylation sites (N-methyl/N-ethyl adjacent to an activating group) is 1. The molecule has 3 aromatic rings. The monoisotopic (exact) mass is 394 g/mol. The Labute approximate surface area is 169 Å². The van der Waals surface area contributed by atoms with E-state index in [0.717, 1.165) is 49.1 Å². The van der Waals surface area contributed by atoms with Crippen LogP contribution in [0.4, 0.5) is 0 Å². The van der Waals surface area contributed by atoms with E-state index in [1.54, 1.807) is 4.90 Å². The van der Waals surface area contributed by atoms with E-state index < -0.39 is 0 Å². The molecular formula is C21H26N6O2+2. The quantitative estimate of drug-likeness (QED) is 0.578. The van der Waals surface area contributed by atoms with Crippen LogP contribution in [0.3, 0.4) is 0 Å². The van der Waals surface area contributed by atoms with E-state index in [9.17, 15) is 0 Å². The molecule has 0 bridgehead atoms. The Morgan fingerprint density at radius 2 is 1.79 bits per heavy atom. The van der Waals surface area contributed by atoms with Crippen LogP contribution in [0, 0.1) is 0 Å². The van der Waals surface area contributed by atoms with Gasteiger partial charge in [-0.2, -0.15) is 0 Å². The fourth-order valence-corrected chi connectivity index (χ4v) is 4.24. The lowest BCUT2D eigenvalue weighted by Crippen LogP contribution is -3.27. The maximum absolute atomic E-state index is 5.52. The number of tetrazole rings is 1. The highest BCUT2D eigenvalue weighted by Gasteiger charge is 2.34. The van der Waals surface area contributed by atoms with Crippen molar-refractivity contribution in [1.82, 2.24) is 20.2 Å². The Balaban J connectivity index is 1.47. The van der Waals surface area contributed by atoms with Gasteiger partial charge in [0.05, 0.1) is 13.6 Å². The third-order valence-corrected chi connectivity index (χ3v) is 5.87. The van der Waals surface area contributed by atoms with Gasteiger partial charge in [-0.3, -0.25) is 0 Å². The summed E-state index contributed by atoms with van der Waals surface area (Å²) in [6, 6.07) is 16.7. The van der Waals surface area contributed by atoms with Crippen LogP contribution in [-0.2, 0) is 6.54 Å². The molecule has 2 aliphatic rings. The molecule has 8 heteroatoms. The molecule has 2 aromatic carbocycles. The Hall–Kier alpha value is -2.97. The average Bonchev–Trinajstić information content (AvgIpc) is 3.40. The van der Waals surface area contributed by atoms with Crippen molar-refractivity contribution in [2.24, 2.45) is 0 Å². The standard InChI is InChI=1S/C21H24N6O2/c1-25-9-11-26(12-10-25)20(17-5-3-2-4-6-17)21-22-23-24-27(21)14-16-7-8-18-19(13-16)29-15-28-18/h2-8,13,20H,9-12,14-15H2,1H3/p+2/t20-/m1/s1. The summed E-state index contributed by atoms with van der Waals surface area (Å²) in [4.78, 5) is 3.10. The maximum Gasteiger partial charge on any atom is 0.231 e. The first-order valence-corrected chi connectivity index (χ1v) is 10.1. The van der Waals surface area contributed by atoms with E-state index in [0.29, 0.717) is 6.54 Å². The number of nitrogens with zero attached hydrogens (tertiary/aromatic N) is 4. The Morgan fingerprint density at radius 1 is 1.00 bits per heavy atom. The van der Waals surface area contributed by atoms with E-state index in [1.165, 1.54) is 10.5 Å². The van der Waals surface area contributed by atoms with Crippen molar-refractivity contribution >= 4 is 0 Å². The molecule has 2 N–H and O–H groups in total. The molecule has 3 heterocycles. The number of aromatic nitrogens is 4. The second kappa shape index (κ2) is 7.81. The van der Waals surface area contributed by atoms with Gasteiger partial charge in [0, 0.05) is 5.56 Å². The third-order valence-electron chi connectivity index (χ3n) is 5.87. The van der Waals surface area contributed by atoms with Gasteiger partial charge in [0.1, 0.15) is 26.2 Å². The van der Waals surface area contributed by atoms with Crippen molar-refractivity contribution in [3.05, 3.63) is 65.5 Å². The summed E-state index contributed by atoms with van der Waals surface area (Å²) < 4.78 is 12.9. The first-order chi connectivity index (χ1) is 14.3. The van der Waals surface area contributed by atoms with Crippen LogP contribution in [0.15, 0.2) is 48.5 Å². The largest absolute Gasteiger partial charge is 0.454 e. The van der Waals surface area contributed by atoms with Gasteiger partial charge in [-0.25, -0.2) is 4.68 Å². The van der Waals surface area contributed by atoms with Gasteiger partial charge in [-0.05, 0) is 28.1 Å². The summed E-state index contributed by atoms with van der Waals surface area (Å²) in [6.45, 7) is 5.38. The highest BCUT2D eigenvalue weighted by molar-refractivity contribution is 5.44. The molecule has 0 saturated carbocycles. The van der Waals surface area contributed by atoms with Gasteiger partial charge in [-0.15, -0.1) is 5.10 Å². The van der Waals surface area contributed by atoms with Crippen molar-refractivity contribution in [1.29, 1.82) is 0 Å². The highest BCUT2D eigenvalue weighted by Crippen LogP contribution is 2.32. The van der Waals surface area contributed by atoms with Gasteiger partial charge < -0.3 is 19.3 Å². The summed E-state index contributed by atoms with van der Waals surface area (Å²) >= 11 is 0. The van der Waals surface area contributed by atoms with Crippen LogP contribution >= 0.6 is 0 Å². The van der Waals surface area contributed by atoms with E-state index in [4.69, 9.17) is 9.47 Å². The van der Waals surface area contributed by atoms with Crippen LogP contribution < -0.4 is 19.3 Å². The predicted molar refractivity (Wildman–Crippen MR) is 105 cm³/mol. The van der Waals surface area contributed by atoms with Crippen molar-refractivity contribution in [3.63, 3.8) is 0 Å². The topological polar surface area (TPSA) is 70.9 Å². The summed E-state index contributed by atoms with van der Waals surface area (Å²) in [5, 5.41) is 12.8. The Kier molecular flexibility index (Phi) is 4.87. The number of quaternary nitrogens is 2. The minimum Gasteiger partial charge on any atom is -0.454 e. The lowest BCUT2D eigenvalue weighted by molar-refractivity contribution is -1.02. The first kappa shape index (κ1) is 18.1. The number of nitrogens with one attached hydrogen (secondary N) is 2. The molecule has 1 aromatic heterocycles. The molecule has 150 valence electrons. The molecule has 2 aliphatic heterocycles. The van der Waals surface area contributed by atoms with E-state index in [1.807, 2.05) is 22.9 Å². The van der Waals surface area contributed by atoms with Crippen molar-refractivity contribution in [3.8, 4) is 11.5 Å². The summed E-state index contributed by atoms with van der Waals surface area (Å²) in [5.74, 6) is 2.48. The van der Waals surface area contributed by atoms with Crippen molar-refractivity contribution < 1.29 is 19.3 Å². The highest BCUT2D eigenvalue weighted by atomic mass is 16.7. The molecular weight excluding hydrogens is 368 g/mol. The van der Waals surface area contributed by atoms with Crippen LogP contribution in [0.25, 0.3) is 0 Å². The summed E-state index contributed by atoms with van der Waals surface area (Å²) in [6.07, 6.45) is 0. The van der Waals surface area contributed by atoms with Gasteiger partial charge >= 0.3 is 0 Å². The fourth-order valence-electron chi connectivity index (χ4n) is 4.24. The zero-order valence-corrected chi connectivity index (χ0v) is 16.5. The van der Waals surface area contributed by atoms with E-state index in [-0.39, 0.29) is 12.8 Å². The number of hydrogen-bond acceptors (Lipinski definition) is 5. The zero-order chi connectivity index (χ0) is 19.6. The Bertz CT molecular complexity index is 968. The number of ether oxygens (including phenoxy) is 2. The first-order valence-electron chi connectivity index (χ1n) is 10.1. The maximum atomic E-state index is 5.52. The van der Waals surface area contributed by atoms with Crippen molar-refractivity contribution in [2.45, 2.75) is 12.6 Å². The van der Waals surface area contributed by atoms with Gasteiger partial charge in [0.25, 0.3) is 0 Å². The number of piperazine rings is 1. The van der Waals surface area contributed by atoms with Crippen LogP contribution in [0.1, 0.15) is 23.0 Å². The lowest BCUT2D eigenvalue weighted by Gasteiger charge is -2.32. The number of fused-ring (bicyclic) bond motifs is 1. The van der Waals surface area contributed by atoms with E-state index >= 15 is 0 Å². The average molecular weight is 394 g/mol. The molecule has 1 atom stereocenters. The molecule has 1 saturated heterocycles. The van der Waals surface area contributed by atoms with Gasteiger partial charge in [0.2, 0.25) is 12.6 Å². The van der Waals surface area contributed by atoms with Gasteiger partial charge in [-0.1, -0.05) is 36.4 Å². The van der Waals surface area contributed by atoms with Crippen LogP contribution in [0.5, 0.6) is 11.5 Å².